The molecule has 1 saturated heterocycles. The monoisotopic (exact) mass is 361 g/mol. The Labute approximate surface area is 148 Å². The molecule has 0 atom stereocenters. The van der Waals surface area contributed by atoms with Crippen LogP contribution in [0.5, 0.6) is 0 Å². The van der Waals surface area contributed by atoms with Crippen molar-refractivity contribution in [3.63, 3.8) is 0 Å². The van der Waals surface area contributed by atoms with E-state index < -0.39 is 15.6 Å². The highest BCUT2D eigenvalue weighted by Crippen LogP contribution is 2.27. The van der Waals surface area contributed by atoms with Gasteiger partial charge in [0.1, 0.15) is 5.75 Å². The summed E-state index contributed by atoms with van der Waals surface area (Å²) in [4.78, 5) is 13.6. The van der Waals surface area contributed by atoms with E-state index in [2.05, 4.69) is 28.4 Å². The van der Waals surface area contributed by atoms with Crippen LogP contribution in [0.3, 0.4) is 0 Å². The van der Waals surface area contributed by atoms with Crippen molar-refractivity contribution in [3.05, 3.63) is 53.3 Å². The normalized spacial score (nSPS) is 16.1. The lowest BCUT2D eigenvalue weighted by atomic mass is 9.93. The Kier molecular flexibility index (Phi) is 5.22. The summed E-state index contributed by atoms with van der Waals surface area (Å²) in [6.45, 7) is 1.17. The molecule has 2 aromatic rings. The Bertz CT molecular complexity index is 822. The van der Waals surface area contributed by atoms with E-state index in [4.69, 9.17) is 0 Å². The molecule has 2 heterocycles. The van der Waals surface area contributed by atoms with Gasteiger partial charge in [-0.15, -0.1) is 0 Å². The highest BCUT2D eigenvalue weighted by atomic mass is 32.2. The standard InChI is InChI=1S/C18H23N3O3S/c1-25(23,24)13-18(22)21-9-7-15(8-10-21)17-12-16(19-20-17)11-14-5-3-2-4-6-14/h2-6,12,15H,7-11,13H2,1H3,(H,19,20). The van der Waals surface area contributed by atoms with Gasteiger partial charge in [-0.05, 0) is 24.5 Å². The zero-order valence-electron chi connectivity index (χ0n) is 14.3. The number of hydrogen-bond donors (Lipinski definition) is 1. The van der Waals surface area contributed by atoms with Crippen LogP contribution < -0.4 is 0 Å². The molecule has 25 heavy (non-hydrogen) atoms. The summed E-state index contributed by atoms with van der Waals surface area (Å²) >= 11 is 0. The number of carbonyl (C=O) groups is 1. The maximum absolute atomic E-state index is 12.0. The molecule has 1 aliphatic heterocycles. The molecule has 0 saturated carbocycles. The predicted molar refractivity (Wildman–Crippen MR) is 96.1 cm³/mol. The zero-order valence-corrected chi connectivity index (χ0v) is 15.1. The fourth-order valence-electron chi connectivity index (χ4n) is 3.24. The van der Waals surface area contributed by atoms with Gasteiger partial charge in [0.25, 0.3) is 0 Å². The molecule has 1 aromatic heterocycles. The summed E-state index contributed by atoms with van der Waals surface area (Å²) in [5, 5.41) is 7.55. The van der Waals surface area contributed by atoms with Crippen LogP contribution >= 0.6 is 0 Å². The van der Waals surface area contributed by atoms with Crippen molar-refractivity contribution < 1.29 is 13.2 Å². The summed E-state index contributed by atoms with van der Waals surface area (Å²) in [5.74, 6) is -0.391. The van der Waals surface area contributed by atoms with Gasteiger partial charge in [0.2, 0.25) is 5.91 Å². The molecule has 0 bridgehead atoms. The van der Waals surface area contributed by atoms with E-state index in [9.17, 15) is 13.2 Å². The largest absolute Gasteiger partial charge is 0.342 e. The highest BCUT2D eigenvalue weighted by molar-refractivity contribution is 7.91. The number of aromatic amines is 1. The van der Waals surface area contributed by atoms with Crippen molar-refractivity contribution in [2.75, 3.05) is 25.1 Å². The minimum absolute atomic E-state index is 0.298. The number of amides is 1. The van der Waals surface area contributed by atoms with Crippen LogP contribution in [0, 0.1) is 0 Å². The number of piperidine rings is 1. The van der Waals surface area contributed by atoms with E-state index in [1.54, 1.807) is 4.90 Å². The van der Waals surface area contributed by atoms with Gasteiger partial charge in [0.15, 0.2) is 9.84 Å². The summed E-state index contributed by atoms with van der Waals surface area (Å²) in [6.07, 6.45) is 3.53. The molecule has 1 N–H and O–H groups in total. The minimum Gasteiger partial charge on any atom is -0.342 e. The molecular weight excluding hydrogens is 338 g/mol. The van der Waals surface area contributed by atoms with E-state index in [0.29, 0.717) is 19.0 Å². The first-order chi connectivity index (χ1) is 11.9. The predicted octanol–water partition coefficient (Wildman–Crippen LogP) is 1.75. The van der Waals surface area contributed by atoms with E-state index in [1.807, 2.05) is 18.2 Å². The quantitative estimate of drug-likeness (QED) is 0.879. The summed E-state index contributed by atoms with van der Waals surface area (Å²) < 4.78 is 22.5. The van der Waals surface area contributed by atoms with E-state index >= 15 is 0 Å². The second kappa shape index (κ2) is 7.39. The molecule has 0 aliphatic carbocycles. The second-order valence-electron chi connectivity index (χ2n) is 6.71. The van der Waals surface area contributed by atoms with Crippen LogP contribution in [0.25, 0.3) is 0 Å². The van der Waals surface area contributed by atoms with Crippen LogP contribution in [-0.4, -0.2) is 54.5 Å². The summed E-state index contributed by atoms with van der Waals surface area (Å²) in [5.41, 5.74) is 3.34. The van der Waals surface area contributed by atoms with Gasteiger partial charge in [-0.3, -0.25) is 9.89 Å². The number of aromatic nitrogens is 2. The minimum atomic E-state index is -3.27. The molecule has 1 fully saturated rings. The molecule has 1 amide bonds. The Morgan fingerprint density at radius 3 is 2.56 bits per heavy atom. The number of sulfone groups is 1. The molecule has 3 rings (SSSR count). The van der Waals surface area contributed by atoms with Crippen molar-refractivity contribution >= 4 is 15.7 Å². The van der Waals surface area contributed by atoms with Gasteiger partial charge >= 0.3 is 0 Å². The molecule has 0 spiro atoms. The Morgan fingerprint density at radius 1 is 1.24 bits per heavy atom. The third-order valence-corrected chi connectivity index (χ3v) is 5.31. The first-order valence-corrected chi connectivity index (χ1v) is 10.5. The van der Waals surface area contributed by atoms with E-state index in [1.165, 1.54) is 5.56 Å². The number of rotatable bonds is 5. The van der Waals surface area contributed by atoms with Crippen LogP contribution in [0.4, 0.5) is 0 Å². The first kappa shape index (κ1) is 17.7. The zero-order chi connectivity index (χ0) is 17.9. The fourth-order valence-corrected chi connectivity index (χ4v) is 3.87. The molecule has 1 aliphatic rings. The maximum Gasteiger partial charge on any atom is 0.237 e. The smallest absolute Gasteiger partial charge is 0.237 e. The molecule has 6 nitrogen and oxygen atoms in total. The second-order valence-corrected chi connectivity index (χ2v) is 8.85. The average Bonchev–Trinajstić information content (AvgIpc) is 3.03. The van der Waals surface area contributed by atoms with Crippen molar-refractivity contribution in [1.82, 2.24) is 15.1 Å². The number of carbonyl (C=O) groups excluding carboxylic acids is 1. The van der Waals surface area contributed by atoms with Crippen molar-refractivity contribution in [2.45, 2.75) is 25.2 Å². The number of benzene rings is 1. The van der Waals surface area contributed by atoms with Gasteiger partial charge < -0.3 is 4.90 Å². The van der Waals surface area contributed by atoms with Gasteiger partial charge in [0.05, 0.1) is 5.69 Å². The molecule has 0 unspecified atom stereocenters. The molecular formula is C18H23N3O3S. The van der Waals surface area contributed by atoms with Crippen LogP contribution in [0.2, 0.25) is 0 Å². The summed E-state index contributed by atoms with van der Waals surface area (Å²) in [7, 11) is -3.27. The number of nitrogens with one attached hydrogen (secondary N) is 1. The lowest BCUT2D eigenvalue weighted by Gasteiger charge is -2.31. The van der Waals surface area contributed by atoms with Crippen molar-refractivity contribution in [3.8, 4) is 0 Å². The SMILES string of the molecule is CS(=O)(=O)CC(=O)N1CCC(c2cc(Cc3ccccc3)[nH]n2)CC1. The van der Waals surface area contributed by atoms with E-state index in [0.717, 1.165) is 36.9 Å². The molecule has 134 valence electrons. The topological polar surface area (TPSA) is 83.1 Å². The van der Waals surface area contributed by atoms with E-state index in [-0.39, 0.29) is 5.91 Å². The highest BCUT2D eigenvalue weighted by Gasteiger charge is 2.26. The lowest BCUT2D eigenvalue weighted by Crippen LogP contribution is -2.40. The Balaban J connectivity index is 1.56. The fraction of sp³-hybridized carbons (Fsp3) is 0.444. The van der Waals surface area contributed by atoms with Crippen LogP contribution in [-0.2, 0) is 21.1 Å². The average molecular weight is 361 g/mol. The van der Waals surface area contributed by atoms with Crippen molar-refractivity contribution in [1.29, 1.82) is 0 Å². The molecule has 7 heteroatoms. The first-order valence-electron chi connectivity index (χ1n) is 8.44. The van der Waals surface area contributed by atoms with Gasteiger partial charge in [-0.2, -0.15) is 5.10 Å². The van der Waals surface area contributed by atoms with Gasteiger partial charge in [-0.25, -0.2) is 8.42 Å². The van der Waals surface area contributed by atoms with Gasteiger partial charge in [-0.1, -0.05) is 30.3 Å². The third kappa shape index (κ3) is 4.92. The Hall–Kier alpha value is -2.15. The summed E-state index contributed by atoms with van der Waals surface area (Å²) in [6, 6.07) is 12.3. The van der Waals surface area contributed by atoms with Crippen LogP contribution in [0.15, 0.2) is 36.4 Å². The third-order valence-electron chi connectivity index (χ3n) is 4.54. The van der Waals surface area contributed by atoms with Crippen LogP contribution in [0.1, 0.15) is 35.7 Å². The number of nitrogens with zero attached hydrogens (tertiary/aromatic N) is 2. The number of likely N-dealkylation sites (tertiary alicyclic amines) is 1. The Morgan fingerprint density at radius 2 is 1.92 bits per heavy atom. The van der Waals surface area contributed by atoms with Crippen molar-refractivity contribution in [2.24, 2.45) is 0 Å². The molecule has 1 aromatic carbocycles. The maximum atomic E-state index is 12.0. The number of H-pyrrole nitrogens is 1. The molecule has 0 radical (unpaired) electrons. The van der Waals surface area contributed by atoms with Gasteiger partial charge in [0, 0.05) is 37.4 Å². The number of hydrogen-bond acceptors (Lipinski definition) is 4. The lowest BCUT2D eigenvalue weighted by molar-refractivity contribution is -0.129.